The summed E-state index contributed by atoms with van der Waals surface area (Å²) in [4.78, 5) is 40.4. The number of aliphatic hydroxyl groups excluding tert-OH is 1. The number of carbonyl (C=O) groups excluding carboxylic acids is 3. The fourth-order valence-corrected chi connectivity index (χ4v) is 11.0. The third-order valence-electron chi connectivity index (χ3n) is 15.7. The van der Waals surface area contributed by atoms with E-state index in [0.717, 1.165) is 44.9 Å². The van der Waals surface area contributed by atoms with Gasteiger partial charge in [0.15, 0.2) is 17.8 Å². The summed E-state index contributed by atoms with van der Waals surface area (Å²) in [7, 11) is 0. The van der Waals surface area contributed by atoms with E-state index in [1.54, 1.807) is 0 Å². The van der Waals surface area contributed by atoms with Gasteiger partial charge in [0.25, 0.3) is 5.79 Å². The minimum Gasteiger partial charge on any atom is -0.456 e. The van der Waals surface area contributed by atoms with Crippen LogP contribution in [-0.2, 0) is 38.1 Å². The van der Waals surface area contributed by atoms with Crippen LogP contribution in [0.25, 0.3) is 0 Å². The van der Waals surface area contributed by atoms with Crippen LogP contribution in [0.5, 0.6) is 0 Å². The van der Waals surface area contributed by atoms with Crippen molar-refractivity contribution in [3.05, 3.63) is 0 Å². The molecule has 0 amide bonds. The molecule has 0 bridgehead atoms. The molecule has 2 saturated heterocycles. The topological polar surface area (TPSA) is 118 Å². The van der Waals surface area contributed by atoms with E-state index in [9.17, 15) is 19.5 Å². The predicted molar refractivity (Wildman–Crippen MR) is 294 cm³/mol. The first-order chi connectivity index (χ1) is 34.9. The van der Waals surface area contributed by atoms with E-state index in [-0.39, 0.29) is 44.9 Å². The summed E-state index contributed by atoms with van der Waals surface area (Å²) >= 11 is 0. The summed E-state index contributed by atoms with van der Waals surface area (Å²) in [5, 5.41) is 11.0. The van der Waals surface area contributed by atoms with Crippen molar-refractivity contribution in [2.75, 3.05) is 19.8 Å². The summed E-state index contributed by atoms with van der Waals surface area (Å²) in [5.74, 6) is -2.99. The quantitative estimate of drug-likeness (QED) is 0.0361. The lowest BCUT2D eigenvalue weighted by Gasteiger charge is -2.42. The van der Waals surface area contributed by atoms with Crippen molar-refractivity contribution in [1.29, 1.82) is 0 Å². The maximum absolute atomic E-state index is 13.6. The summed E-state index contributed by atoms with van der Waals surface area (Å²) in [6.45, 7) is 6.30. The number of rotatable bonds is 52. The van der Waals surface area contributed by atoms with E-state index in [2.05, 4.69) is 20.8 Å². The van der Waals surface area contributed by atoms with Crippen molar-refractivity contribution in [3.8, 4) is 0 Å². The zero-order valence-electron chi connectivity index (χ0n) is 47.1. The van der Waals surface area contributed by atoms with Gasteiger partial charge in [-0.15, -0.1) is 0 Å². The van der Waals surface area contributed by atoms with E-state index in [1.165, 1.54) is 231 Å². The molecule has 2 heterocycles. The Balaban J connectivity index is 1.82. The third-order valence-corrected chi connectivity index (χ3v) is 15.7. The van der Waals surface area contributed by atoms with Gasteiger partial charge in [0, 0.05) is 25.7 Å². The third kappa shape index (κ3) is 31.1. The zero-order valence-corrected chi connectivity index (χ0v) is 47.1. The Morgan fingerprint density at radius 2 is 0.676 bits per heavy atom. The van der Waals surface area contributed by atoms with Gasteiger partial charge in [0.1, 0.15) is 0 Å². The van der Waals surface area contributed by atoms with Gasteiger partial charge in [-0.25, -0.2) is 0 Å². The van der Waals surface area contributed by atoms with Gasteiger partial charge in [0.2, 0.25) is 0 Å². The molecule has 0 aliphatic carbocycles. The molecule has 0 aromatic heterocycles. The van der Waals surface area contributed by atoms with Crippen molar-refractivity contribution in [2.24, 2.45) is 0 Å². The molecule has 0 radical (unpaired) electrons. The van der Waals surface area contributed by atoms with Crippen LogP contribution in [0.2, 0.25) is 0 Å². The Morgan fingerprint density at radius 1 is 0.394 bits per heavy atom. The molecule has 4 atom stereocenters. The smallest absolute Gasteiger partial charge is 0.306 e. The van der Waals surface area contributed by atoms with Crippen molar-refractivity contribution < 1.29 is 43.2 Å². The van der Waals surface area contributed by atoms with Gasteiger partial charge < -0.3 is 28.8 Å². The SMILES string of the molecule is CCCCCCCCCCCCCCCCCC(=O)O[C@H]1CO[C@@]2(OCC[C@]2(CO)OC(=O)CCCCCCCCCCCCCCCCC)[C@@H]1OC(=O)CCCCCCCCCCCCCCCCC. The first kappa shape index (κ1) is 65.4. The van der Waals surface area contributed by atoms with Crippen molar-refractivity contribution in [2.45, 2.75) is 359 Å². The highest BCUT2D eigenvalue weighted by molar-refractivity contribution is 5.71. The van der Waals surface area contributed by atoms with E-state index in [0.29, 0.717) is 12.8 Å². The number of ether oxygens (including phenoxy) is 5. The molecule has 9 heteroatoms. The molecule has 0 aromatic carbocycles. The predicted octanol–water partition coefficient (Wildman–Crippen LogP) is 18.0. The Labute approximate surface area is 438 Å². The number of hydrogen-bond acceptors (Lipinski definition) is 9. The van der Waals surface area contributed by atoms with Crippen LogP contribution in [-0.4, -0.2) is 66.4 Å². The molecule has 1 spiro atoms. The van der Waals surface area contributed by atoms with Crippen LogP contribution in [0.3, 0.4) is 0 Å². The standard InChI is InChI=1S/C62H116O9/c1-4-7-10-13-16-19-22-25-28-31-34-37-40-43-46-49-57(64)69-56-54-68-62(60(56)70-58(65)50-47-44-41-38-35-32-29-26-23-20-17-14-11-8-5-2)61(55-63,52-53-67-62)71-59(66)51-48-45-42-39-36-33-30-27-24-21-18-15-12-9-6-3/h56,60,63H,4-55H2,1-3H3/t56-,60+,61+,62-/m0/s1. The molecular formula is C62H116O9. The van der Waals surface area contributed by atoms with E-state index >= 15 is 0 Å². The number of hydrogen-bond donors (Lipinski definition) is 1. The van der Waals surface area contributed by atoms with Crippen LogP contribution in [0, 0.1) is 0 Å². The van der Waals surface area contributed by atoms with E-state index in [4.69, 9.17) is 23.7 Å². The highest BCUT2D eigenvalue weighted by Gasteiger charge is 2.71. The molecule has 9 nitrogen and oxygen atoms in total. The van der Waals surface area contributed by atoms with Crippen molar-refractivity contribution in [1.82, 2.24) is 0 Å². The minimum atomic E-state index is -1.77. The second kappa shape index (κ2) is 45.7. The Hall–Kier alpha value is -1.71. The Bertz CT molecular complexity index is 1240. The molecule has 1 N–H and O–H groups in total. The number of carbonyl (C=O) groups is 3. The molecule has 418 valence electrons. The Morgan fingerprint density at radius 3 is 0.986 bits per heavy atom. The van der Waals surface area contributed by atoms with Gasteiger partial charge in [0.05, 0.1) is 19.8 Å². The van der Waals surface area contributed by atoms with Crippen molar-refractivity contribution in [3.63, 3.8) is 0 Å². The first-order valence-corrected chi connectivity index (χ1v) is 31.4. The summed E-state index contributed by atoms with van der Waals surface area (Å²) < 4.78 is 30.9. The second-order valence-electron chi connectivity index (χ2n) is 22.2. The average Bonchev–Trinajstić information content (AvgIpc) is 3.90. The second-order valence-corrected chi connectivity index (χ2v) is 22.2. The monoisotopic (exact) mass is 1000 g/mol. The highest BCUT2D eigenvalue weighted by atomic mass is 16.8. The van der Waals surface area contributed by atoms with E-state index < -0.39 is 42.1 Å². The Kier molecular flexibility index (Phi) is 42.1. The molecule has 2 aliphatic heterocycles. The lowest BCUT2D eigenvalue weighted by Crippen LogP contribution is -2.63. The summed E-state index contributed by atoms with van der Waals surface area (Å²) in [6, 6.07) is 0. The van der Waals surface area contributed by atoms with Crippen LogP contribution in [0.15, 0.2) is 0 Å². The van der Waals surface area contributed by atoms with Gasteiger partial charge in [-0.2, -0.15) is 0 Å². The molecule has 2 rings (SSSR count). The molecular weight excluding hydrogens is 889 g/mol. The lowest BCUT2D eigenvalue weighted by molar-refractivity contribution is -0.303. The lowest BCUT2D eigenvalue weighted by atomic mass is 9.87. The minimum absolute atomic E-state index is 0.0835. The van der Waals surface area contributed by atoms with Crippen LogP contribution < -0.4 is 0 Å². The van der Waals surface area contributed by atoms with Gasteiger partial charge in [-0.05, 0) is 19.3 Å². The largest absolute Gasteiger partial charge is 0.456 e. The number of aliphatic hydroxyl groups is 1. The average molecular weight is 1010 g/mol. The number of unbranched alkanes of at least 4 members (excludes halogenated alkanes) is 42. The molecule has 0 aromatic rings. The maximum atomic E-state index is 13.6. The van der Waals surface area contributed by atoms with Gasteiger partial charge >= 0.3 is 17.9 Å². The summed E-state index contributed by atoms with van der Waals surface area (Å²) in [5.41, 5.74) is -1.59. The molecule has 2 fully saturated rings. The first-order valence-electron chi connectivity index (χ1n) is 31.4. The number of esters is 3. The zero-order chi connectivity index (χ0) is 51.2. The van der Waals surface area contributed by atoms with Crippen LogP contribution >= 0.6 is 0 Å². The molecule has 71 heavy (non-hydrogen) atoms. The maximum Gasteiger partial charge on any atom is 0.306 e. The van der Waals surface area contributed by atoms with Crippen LogP contribution in [0.1, 0.15) is 335 Å². The molecule has 0 saturated carbocycles. The van der Waals surface area contributed by atoms with Crippen LogP contribution in [0.4, 0.5) is 0 Å². The summed E-state index contributed by atoms with van der Waals surface area (Å²) in [6.07, 6.45) is 54.7. The van der Waals surface area contributed by atoms with E-state index in [1.807, 2.05) is 0 Å². The molecule has 2 aliphatic rings. The van der Waals surface area contributed by atoms with Gasteiger partial charge in [-0.1, -0.05) is 290 Å². The fraction of sp³-hybridized carbons (Fsp3) is 0.952. The molecule has 0 unspecified atom stereocenters. The van der Waals surface area contributed by atoms with Crippen molar-refractivity contribution >= 4 is 17.9 Å². The normalized spacial score (nSPS) is 19.8. The van der Waals surface area contributed by atoms with Gasteiger partial charge in [-0.3, -0.25) is 14.4 Å². The fourth-order valence-electron chi connectivity index (χ4n) is 11.0. The highest BCUT2D eigenvalue weighted by Crippen LogP contribution is 2.49.